The Kier molecular flexibility index (Phi) is 2.18. The lowest BCUT2D eigenvalue weighted by Crippen LogP contribution is -2.14. The van der Waals surface area contributed by atoms with E-state index >= 15 is 0 Å². The molecule has 1 atom stereocenters. The van der Waals surface area contributed by atoms with E-state index in [0.717, 1.165) is 23.4 Å². The molecule has 0 saturated heterocycles. The third-order valence-electron chi connectivity index (χ3n) is 2.82. The van der Waals surface area contributed by atoms with Crippen molar-refractivity contribution in [3.8, 4) is 0 Å². The molecule has 3 heteroatoms. The second kappa shape index (κ2) is 3.23. The number of rotatable bonds is 1. The Balaban J connectivity index is 2.54. The quantitative estimate of drug-likeness (QED) is 0.514. The topological polar surface area (TPSA) is 29.4 Å². The average Bonchev–Trinajstić information content (AvgIpc) is 2.44. The summed E-state index contributed by atoms with van der Waals surface area (Å²) in [5.74, 6) is 0. The van der Waals surface area contributed by atoms with E-state index in [9.17, 15) is 4.79 Å². The predicted molar refractivity (Wildman–Crippen MR) is 55.2 cm³/mol. The van der Waals surface area contributed by atoms with Crippen molar-refractivity contribution in [2.45, 2.75) is 25.3 Å². The number of carbonyl (C=O) groups excluding carboxylic acids is 1. The number of isocyanates is 1. The standard InChI is InChI=1S/C11H10ClNO/c1-11(13-7-14)5-4-8-6-9(12)2-3-10(8)11/h2-3,6H,4-5H2,1H3. The average molecular weight is 208 g/mol. The van der Waals surface area contributed by atoms with Gasteiger partial charge < -0.3 is 0 Å². The van der Waals surface area contributed by atoms with Gasteiger partial charge in [-0.25, -0.2) is 4.79 Å². The second-order valence-electron chi connectivity index (χ2n) is 3.78. The molecule has 0 heterocycles. The van der Waals surface area contributed by atoms with E-state index in [1.54, 1.807) is 6.08 Å². The molecular weight excluding hydrogens is 198 g/mol. The van der Waals surface area contributed by atoms with Gasteiger partial charge in [0.05, 0.1) is 5.54 Å². The van der Waals surface area contributed by atoms with Crippen LogP contribution in [0.5, 0.6) is 0 Å². The van der Waals surface area contributed by atoms with Crippen molar-refractivity contribution in [1.29, 1.82) is 0 Å². The first-order valence-electron chi connectivity index (χ1n) is 4.54. The SMILES string of the molecule is CC1(N=C=O)CCc2cc(Cl)ccc21. The van der Waals surface area contributed by atoms with Gasteiger partial charge in [0.15, 0.2) is 0 Å². The van der Waals surface area contributed by atoms with Crippen molar-refractivity contribution in [3.05, 3.63) is 34.3 Å². The molecule has 1 aromatic carbocycles. The number of halogens is 1. The van der Waals surface area contributed by atoms with Gasteiger partial charge in [0.1, 0.15) is 0 Å². The van der Waals surface area contributed by atoms with Crippen LogP contribution in [-0.2, 0) is 16.8 Å². The van der Waals surface area contributed by atoms with Crippen LogP contribution in [0.25, 0.3) is 0 Å². The number of hydrogen-bond acceptors (Lipinski definition) is 2. The highest BCUT2D eigenvalue weighted by Gasteiger charge is 2.33. The van der Waals surface area contributed by atoms with Crippen molar-refractivity contribution in [2.24, 2.45) is 4.99 Å². The lowest BCUT2D eigenvalue weighted by atomic mass is 9.95. The molecule has 14 heavy (non-hydrogen) atoms. The van der Waals surface area contributed by atoms with Crippen molar-refractivity contribution >= 4 is 17.7 Å². The van der Waals surface area contributed by atoms with E-state index < -0.39 is 0 Å². The van der Waals surface area contributed by atoms with Crippen LogP contribution >= 0.6 is 11.6 Å². The summed E-state index contributed by atoms with van der Waals surface area (Å²) >= 11 is 5.89. The van der Waals surface area contributed by atoms with Crippen LogP contribution in [0.1, 0.15) is 24.5 Å². The first-order valence-corrected chi connectivity index (χ1v) is 4.91. The van der Waals surface area contributed by atoms with Crippen LogP contribution in [-0.4, -0.2) is 6.08 Å². The van der Waals surface area contributed by atoms with Gasteiger partial charge in [0, 0.05) is 5.02 Å². The van der Waals surface area contributed by atoms with Gasteiger partial charge >= 0.3 is 0 Å². The highest BCUT2D eigenvalue weighted by atomic mass is 35.5. The molecule has 0 spiro atoms. The molecule has 0 fully saturated rings. The van der Waals surface area contributed by atoms with E-state index in [-0.39, 0.29) is 5.54 Å². The zero-order chi connectivity index (χ0) is 10.2. The number of benzene rings is 1. The lowest BCUT2D eigenvalue weighted by Gasteiger charge is -2.17. The molecule has 2 rings (SSSR count). The minimum Gasteiger partial charge on any atom is -0.211 e. The summed E-state index contributed by atoms with van der Waals surface area (Å²) in [6, 6.07) is 5.73. The monoisotopic (exact) mass is 207 g/mol. The Labute approximate surface area is 87.6 Å². The molecule has 0 aliphatic heterocycles. The molecule has 0 radical (unpaired) electrons. The van der Waals surface area contributed by atoms with Crippen LogP contribution in [0.4, 0.5) is 0 Å². The van der Waals surface area contributed by atoms with Gasteiger partial charge in [0.25, 0.3) is 0 Å². The van der Waals surface area contributed by atoms with Gasteiger partial charge in [-0.2, -0.15) is 4.99 Å². The van der Waals surface area contributed by atoms with Crippen LogP contribution in [0.3, 0.4) is 0 Å². The fourth-order valence-electron chi connectivity index (χ4n) is 2.02. The fourth-order valence-corrected chi connectivity index (χ4v) is 2.22. The summed E-state index contributed by atoms with van der Waals surface area (Å²) in [5, 5.41) is 0.739. The van der Waals surface area contributed by atoms with E-state index in [0.29, 0.717) is 0 Å². The van der Waals surface area contributed by atoms with Crippen molar-refractivity contribution in [1.82, 2.24) is 0 Å². The fraction of sp³-hybridized carbons (Fsp3) is 0.364. The third kappa shape index (κ3) is 1.37. The molecule has 0 aromatic heterocycles. The summed E-state index contributed by atoms with van der Waals surface area (Å²) in [6.07, 6.45) is 3.43. The molecule has 0 N–H and O–H groups in total. The highest BCUT2D eigenvalue weighted by molar-refractivity contribution is 6.30. The van der Waals surface area contributed by atoms with Gasteiger partial charge in [-0.05, 0) is 43.0 Å². The molecule has 1 aromatic rings. The predicted octanol–water partition coefficient (Wildman–Crippen LogP) is 2.84. The Morgan fingerprint density at radius 3 is 3.07 bits per heavy atom. The minimum absolute atomic E-state index is 0.387. The van der Waals surface area contributed by atoms with Crippen LogP contribution in [0.2, 0.25) is 5.02 Å². The number of fused-ring (bicyclic) bond motifs is 1. The maximum atomic E-state index is 10.3. The Hall–Kier alpha value is -1.11. The van der Waals surface area contributed by atoms with Gasteiger partial charge in [0.2, 0.25) is 6.08 Å². The smallest absolute Gasteiger partial charge is 0.211 e. The third-order valence-corrected chi connectivity index (χ3v) is 3.06. The molecule has 1 aliphatic rings. The first kappa shape index (κ1) is 9.45. The maximum absolute atomic E-state index is 10.3. The van der Waals surface area contributed by atoms with Gasteiger partial charge in [-0.15, -0.1) is 0 Å². The van der Waals surface area contributed by atoms with E-state index in [1.165, 1.54) is 5.56 Å². The lowest BCUT2D eigenvalue weighted by molar-refractivity contribution is 0.482. The second-order valence-corrected chi connectivity index (χ2v) is 4.21. The molecule has 1 unspecified atom stereocenters. The van der Waals surface area contributed by atoms with Crippen molar-refractivity contribution in [3.63, 3.8) is 0 Å². The summed E-state index contributed by atoms with van der Waals surface area (Å²) in [5.41, 5.74) is 1.91. The van der Waals surface area contributed by atoms with Crippen LogP contribution in [0, 0.1) is 0 Å². The highest BCUT2D eigenvalue weighted by Crippen LogP contribution is 2.40. The van der Waals surface area contributed by atoms with E-state index in [1.807, 2.05) is 25.1 Å². The zero-order valence-electron chi connectivity index (χ0n) is 7.88. The summed E-state index contributed by atoms with van der Waals surface area (Å²) in [6.45, 7) is 1.96. The van der Waals surface area contributed by atoms with E-state index in [4.69, 9.17) is 11.6 Å². The zero-order valence-corrected chi connectivity index (χ0v) is 8.64. The Morgan fingerprint density at radius 1 is 1.57 bits per heavy atom. The number of nitrogens with zero attached hydrogens (tertiary/aromatic N) is 1. The minimum atomic E-state index is -0.387. The first-order chi connectivity index (χ1) is 6.65. The molecule has 72 valence electrons. The maximum Gasteiger partial charge on any atom is 0.235 e. The van der Waals surface area contributed by atoms with Gasteiger partial charge in [-0.3, -0.25) is 0 Å². The molecule has 0 amide bonds. The number of hydrogen-bond donors (Lipinski definition) is 0. The van der Waals surface area contributed by atoms with E-state index in [2.05, 4.69) is 4.99 Å². The largest absolute Gasteiger partial charge is 0.235 e. The van der Waals surface area contributed by atoms with Gasteiger partial charge in [-0.1, -0.05) is 17.7 Å². The molecule has 0 saturated carbocycles. The summed E-state index contributed by atoms with van der Waals surface area (Å²) in [4.78, 5) is 14.2. The Morgan fingerprint density at radius 2 is 2.36 bits per heavy atom. The molecule has 0 bridgehead atoms. The van der Waals surface area contributed by atoms with Crippen LogP contribution < -0.4 is 0 Å². The summed E-state index contributed by atoms with van der Waals surface area (Å²) in [7, 11) is 0. The molecular formula is C11H10ClNO. The number of aryl methyl sites for hydroxylation is 1. The van der Waals surface area contributed by atoms with Crippen LogP contribution in [0.15, 0.2) is 23.2 Å². The Bertz CT molecular complexity index is 423. The summed E-state index contributed by atoms with van der Waals surface area (Å²) < 4.78 is 0. The molecule has 1 aliphatic carbocycles. The van der Waals surface area contributed by atoms with Crippen molar-refractivity contribution in [2.75, 3.05) is 0 Å². The number of aliphatic imine (C=N–C) groups is 1. The normalized spacial score (nSPS) is 24.1. The molecule has 2 nitrogen and oxygen atoms in total. The van der Waals surface area contributed by atoms with Crippen molar-refractivity contribution < 1.29 is 4.79 Å².